The van der Waals surface area contributed by atoms with Crippen LogP contribution in [0.3, 0.4) is 0 Å². The topological polar surface area (TPSA) is 95.1 Å². The fraction of sp³-hybridized carbons (Fsp3) is 0.357. The van der Waals surface area contributed by atoms with Crippen LogP contribution < -0.4 is 10.2 Å². The first kappa shape index (κ1) is 26.1. The number of carbonyl (C=O) groups is 3. The first-order valence-electron chi connectivity index (χ1n) is 12.6. The number of aromatic nitrogens is 1. The molecule has 2 aliphatic rings. The molecule has 0 saturated carbocycles. The molecule has 2 saturated heterocycles. The molecule has 2 atom stereocenters. The van der Waals surface area contributed by atoms with Crippen LogP contribution in [0.1, 0.15) is 29.8 Å². The fourth-order valence-corrected chi connectivity index (χ4v) is 5.32. The molecule has 1 aromatic heterocycles. The van der Waals surface area contributed by atoms with Crippen LogP contribution in [0, 0.1) is 11.8 Å². The molecule has 3 heterocycles. The highest BCUT2D eigenvalue weighted by atomic mass is 79.9. The van der Waals surface area contributed by atoms with E-state index in [0.29, 0.717) is 49.9 Å². The van der Waals surface area contributed by atoms with E-state index in [0.717, 1.165) is 25.9 Å². The van der Waals surface area contributed by atoms with Gasteiger partial charge in [-0.1, -0.05) is 48.0 Å². The number of hydrogen-bond acceptors (Lipinski definition) is 7. The number of halogens is 1. The molecule has 3 amide bonds. The SMILES string of the molecule is COc1ccccc1C(=O)N1CCN(Cc2cc(NN3C(=O)C(C)C(C)C3=O)nc3cc(Br)ccc23)CC1. The van der Waals surface area contributed by atoms with Gasteiger partial charge in [-0.05, 0) is 35.9 Å². The van der Waals surface area contributed by atoms with Gasteiger partial charge in [0.15, 0.2) is 0 Å². The zero-order chi connectivity index (χ0) is 27.0. The molecule has 0 radical (unpaired) electrons. The Kier molecular flexibility index (Phi) is 7.36. The summed E-state index contributed by atoms with van der Waals surface area (Å²) in [5, 5.41) is 2.08. The summed E-state index contributed by atoms with van der Waals surface area (Å²) in [4.78, 5) is 47.2. The summed E-state index contributed by atoms with van der Waals surface area (Å²) in [5.41, 5.74) is 5.31. The third kappa shape index (κ3) is 4.98. The standard InChI is InChI=1S/C28H30BrN5O4/c1-17-18(2)27(36)34(26(17)35)31-25-14-19(21-9-8-20(29)15-23(21)30-25)16-32-10-12-33(13-11-32)28(37)22-6-4-5-7-24(22)38-3/h4-9,14-15,17-18H,10-13,16H2,1-3H3,(H,30,31). The molecule has 0 aliphatic carbocycles. The van der Waals surface area contributed by atoms with E-state index in [-0.39, 0.29) is 29.6 Å². The first-order valence-corrected chi connectivity index (χ1v) is 13.4. The minimum atomic E-state index is -0.376. The molecule has 0 bridgehead atoms. The van der Waals surface area contributed by atoms with Crippen molar-refractivity contribution in [2.75, 3.05) is 38.7 Å². The first-order chi connectivity index (χ1) is 18.3. The molecular formula is C28H30BrN5O4. The minimum Gasteiger partial charge on any atom is -0.496 e. The van der Waals surface area contributed by atoms with Gasteiger partial charge in [0, 0.05) is 54.4 Å². The van der Waals surface area contributed by atoms with E-state index in [4.69, 9.17) is 4.74 Å². The Morgan fingerprint density at radius 3 is 2.39 bits per heavy atom. The molecule has 38 heavy (non-hydrogen) atoms. The average molecular weight is 580 g/mol. The van der Waals surface area contributed by atoms with Crippen molar-refractivity contribution in [3.8, 4) is 5.75 Å². The van der Waals surface area contributed by atoms with E-state index in [9.17, 15) is 14.4 Å². The average Bonchev–Trinajstić information content (AvgIpc) is 3.10. The van der Waals surface area contributed by atoms with Crippen LogP contribution in [0.25, 0.3) is 10.9 Å². The predicted molar refractivity (Wildman–Crippen MR) is 147 cm³/mol. The van der Waals surface area contributed by atoms with Gasteiger partial charge in [0.2, 0.25) is 0 Å². The van der Waals surface area contributed by atoms with E-state index in [1.807, 2.05) is 41.3 Å². The summed E-state index contributed by atoms with van der Waals surface area (Å²) >= 11 is 3.52. The molecule has 9 nitrogen and oxygen atoms in total. The number of amides is 3. The molecule has 2 aromatic carbocycles. The van der Waals surface area contributed by atoms with Crippen molar-refractivity contribution in [2.45, 2.75) is 20.4 Å². The van der Waals surface area contributed by atoms with Gasteiger partial charge < -0.3 is 9.64 Å². The lowest BCUT2D eigenvalue weighted by Crippen LogP contribution is -2.48. The Hall–Kier alpha value is -3.50. The largest absolute Gasteiger partial charge is 0.496 e. The van der Waals surface area contributed by atoms with Gasteiger partial charge in [0.05, 0.1) is 18.2 Å². The molecule has 198 valence electrons. The molecule has 2 aliphatic heterocycles. The highest BCUT2D eigenvalue weighted by Gasteiger charge is 2.43. The monoisotopic (exact) mass is 579 g/mol. The zero-order valence-corrected chi connectivity index (χ0v) is 23.2. The van der Waals surface area contributed by atoms with Crippen LogP contribution in [-0.2, 0) is 16.1 Å². The van der Waals surface area contributed by atoms with Gasteiger partial charge in [-0.15, -0.1) is 0 Å². The summed E-state index contributed by atoms with van der Waals surface area (Å²) in [6.07, 6.45) is 0. The second kappa shape index (κ2) is 10.7. The summed E-state index contributed by atoms with van der Waals surface area (Å²) in [7, 11) is 1.57. The Balaban J connectivity index is 1.34. The number of nitrogens with zero attached hydrogens (tertiary/aromatic N) is 4. The van der Waals surface area contributed by atoms with Crippen LogP contribution in [0.4, 0.5) is 5.82 Å². The lowest BCUT2D eigenvalue weighted by atomic mass is 10.00. The van der Waals surface area contributed by atoms with Gasteiger partial charge in [-0.25, -0.2) is 4.98 Å². The minimum absolute atomic E-state index is 0.0313. The summed E-state index contributed by atoms with van der Waals surface area (Å²) in [5.74, 6) is -0.271. The summed E-state index contributed by atoms with van der Waals surface area (Å²) in [6, 6.07) is 15.1. The molecule has 0 spiro atoms. The molecule has 2 unspecified atom stereocenters. The van der Waals surface area contributed by atoms with Crippen LogP contribution in [0.2, 0.25) is 0 Å². The number of rotatable bonds is 6. The van der Waals surface area contributed by atoms with Crippen LogP contribution >= 0.6 is 15.9 Å². The highest BCUT2D eigenvalue weighted by molar-refractivity contribution is 9.10. The zero-order valence-electron chi connectivity index (χ0n) is 21.6. The Morgan fingerprint density at radius 1 is 1.03 bits per heavy atom. The van der Waals surface area contributed by atoms with Gasteiger partial charge in [-0.2, -0.15) is 5.01 Å². The summed E-state index contributed by atoms with van der Waals surface area (Å²) < 4.78 is 6.26. The van der Waals surface area contributed by atoms with Crippen molar-refractivity contribution >= 4 is 50.4 Å². The van der Waals surface area contributed by atoms with Gasteiger partial charge in [-0.3, -0.25) is 24.7 Å². The van der Waals surface area contributed by atoms with Crippen molar-refractivity contribution in [1.82, 2.24) is 19.8 Å². The fourth-order valence-electron chi connectivity index (χ4n) is 4.97. The number of para-hydroxylation sites is 1. The number of methoxy groups -OCH3 is 1. The number of pyridine rings is 1. The lowest BCUT2D eigenvalue weighted by molar-refractivity contribution is -0.138. The number of ether oxygens (including phenoxy) is 1. The molecule has 5 rings (SSSR count). The normalized spacial score (nSPS) is 20.3. The van der Waals surface area contributed by atoms with Gasteiger partial charge in [0.25, 0.3) is 17.7 Å². The number of fused-ring (bicyclic) bond motifs is 1. The Labute approximate surface area is 229 Å². The van der Waals surface area contributed by atoms with Crippen molar-refractivity contribution < 1.29 is 19.1 Å². The number of hydrogen-bond donors (Lipinski definition) is 1. The second-order valence-corrected chi connectivity index (χ2v) is 10.7. The maximum absolute atomic E-state index is 13.1. The number of carbonyl (C=O) groups excluding carboxylic acids is 3. The van der Waals surface area contributed by atoms with Crippen LogP contribution in [-0.4, -0.2) is 70.8 Å². The van der Waals surface area contributed by atoms with Gasteiger partial charge >= 0.3 is 0 Å². The number of nitrogens with one attached hydrogen (secondary N) is 1. The van der Waals surface area contributed by atoms with Crippen molar-refractivity contribution in [2.24, 2.45) is 11.8 Å². The Bertz CT molecular complexity index is 1390. The lowest BCUT2D eigenvalue weighted by Gasteiger charge is -2.35. The molecule has 3 aromatic rings. The predicted octanol–water partition coefficient (Wildman–Crippen LogP) is 3.93. The van der Waals surface area contributed by atoms with Gasteiger partial charge in [0.1, 0.15) is 11.6 Å². The Morgan fingerprint density at radius 2 is 1.71 bits per heavy atom. The number of imide groups is 1. The number of anilines is 1. The number of hydrazine groups is 1. The molecule has 2 fully saturated rings. The third-order valence-electron chi connectivity index (χ3n) is 7.44. The van der Waals surface area contributed by atoms with E-state index in [1.54, 1.807) is 33.1 Å². The van der Waals surface area contributed by atoms with Crippen molar-refractivity contribution in [3.05, 3.63) is 64.1 Å². The van der Waals surface area contributed by atoms with E-state index >= 15 is 0 Å². The van der Waals surface area contributed by atoms with E-state index < -0.39 is 0 Å². The van der Waals surface area contributed by atoms with Crippen molar-refractivity contribution in [1.29, 1.82) is 0 Å². The number of piperazine rings is 1. The van der Waals surface area contributed by atoms with E-state index in [1.165, 1.54) is 0 Å². The third-order valence-corrected chi connectivity index (χ3v) is 7.94. The quantitative estimate of drug-likeness (QED) is 0.442. The second-order valence-electron chi connectivity index (χ2n) is 9.80. The van der Waals surface area contributed by atoms with Crippen LogP contribution in [0.15, 0.2) is 53.0 Å². The highest BCUT2D eigenvalue weighted by Crippen LogP contribution is 2.29. The molecule has 1 N–H and O–H groups in total. The maximum atomic E-state index is 13.1. The molecular weight excluding hydrogens is 550 g/mol. The number of benzene rings is 2. The van der Waals surface area contributed by atoms with E-state index in [2.05, 4.69) is 31.2 Å². The maximum Gasteiger partial charge on any atom is 0.257 e. The molecule has 10 heteroatoms. The summed E-state index contributed by atoms with van der Waals surface area (Å²) in [6.45, 7) is 6.79. The smallest absolute Gasteiger partial charge is 0.257 e. The van der Waals surface area contributed by atoms with Crippen molar-refractivity contribution in [3.63, 3.8) is 0 Å². The van der Waals surface area contributed by atoms with Crippen LogP contribution in [0.5, 0.6) is 5.75 Å².